The third-order valence-corrected chi connectivity index (χ3v) is 2.35. The molecule has 1 unspecified atom stereocenters. The van der Waals surface area contributed by atoms with Crippen molar-refractivity contribution >= 4 is 17.9 Å². The Kier molecular flexibility index (Phi) is 4.50. The van der Waals surface area contributed by atoms with Gasteiger partial charge in [-0.05, 0) is 12.8 Å². The summed E-state index contributed by atoms with van der Waals surface area (Å²) in [6.07, 6.45) is 4.89. The Morgan fingerprint density at radius 1 is 1.35 bits per heavy atom. The molecule has 0 saturated carbocycles. The number of carbonyl (C=O) groups excluding carboxylic acids is 2. The van der Waals surface area contributed by atoms with Gasteiger partial charge in [0.25, 0.3) is 0 Å². The molecule has 0 saturated heterocycles. The van der Waals surface area contributed by atoms with Crippen molar-refractivity contribution in [2.45, 2.75) is 31.3 Å². The Morgan fingerprint density at radius 3 is 2.41 bits per heavy atom. The van der Waals surface area contributed by atoms with Crippen LogP contribution in [0.25, 0.3) is 0 Å². The van der Waals surface area contributed by atoms with Crippen LogP contribution in [-0.4, -0.2) is 35.1 Å². The molecular formula is C10H15N3O4. The summed E-state index contributed by atoms with van der Waals surface area (Å²) >= 11 is 0. The van der Waals surface area contributed by atoms with Gasteiger partial charge in [0.15, 0.2) is 0 Å². The van der Waals surface area contributed by atoms with Gasteiger partial charge in [-0.15, -0.1) is 0 Å². The highest BCUT2D eigenvalue weighted by Crippen LogP contribution is 2.08. The number of carboxylic acids is 1. The molecular weight excluding hydrogens is 226 g/mol. The molecule has 0 aromatic rings. The van der Waals surface area contributed by atoms with E-state index in [9.17, 15) is 14.4 Å². The highest BCUT2D eigenvalue weighted by Gasteiger charge is 2.23. The van der Waals surface area contributed by atoms with E-state index in [-0.39, 0.29) is 6.04 Å². The van der Waals surface area contributed by atoms with Crippen molar-refractivity contribution in [3.63, 3.8) is 0 Å². The molecule has 17 heavy (non-hydrogen) atoms. The van der Waals surface area contributed by atoms with Crippen LogP contribution in [0, 0.1) is 0 Å². The molecule has 0 aliphatic heterocycles. The van der Waals surface area contributed by atoms with Crippen molar-refractivity contribution in [3.8, 4) is 0 Å². The van der Waals surface area contributed by atoms with Gasteiger partial charge in [-0.25, -0.2) is 9.59 Å². The van der Waals surface area contributed by atoms with Gasteiger partial charge in [-0.2, -0.15) is 0 Å². The number of hydrogen-bond acceptors (Lipinski definition) is 3. The number of urea groups is 1. The largest absolute Gasteiger partial charge is 0.480 e. The lowest BCUT2D eigenvalue weighted by Crippen LogP contribution is -2.49. The van der Waals surface area contributed by atoms with Crippen LogP contribution < -0.4 is 16.4 Å². The predicted octanol–water partition coefficient (Wildman–Crippen LogP) is -0.667. The topological polar surface area (TPSA) is 122 Å². The summed E-state index contributed by atoms with van der Waals surface area (Å²) in [5.74, 6) is -2.07. The average Bonchev–Trinajstić information content (AvgIpc) is 2.68. The molecule has 0 aromatic carbocycles. The Morgan fingerprint density at radius 2 is 1.94 bits per heavy atom. The fourth-order valence-electron chi connectivity index (χ4n) is 1.52. The molecule has 3 amide bonds. The van der Waals surface area contributed by atoms with Gasteiger partial charge < -0.3 is 21.5 Å². The van der Waals surface area contributed by atoms with Crippen molar-refractivity contribution < 1.29 is 19.5 Å². The van der Waals surface area contributed by atoms with E-state index in [1.165, 1.54) is 0 Å². The molecule has 1 aliphatic rings. The molecule has 0 radical (unpaired) electrons. The molecule has 7 heteroatoms. The first-order valence-electron chi connectivity index (χ1n) is 5.22. The third-order valence-electron chi connectivity index (χ3n) is 2.35. The standard InChI is InChI=1S/C10H15N3O4/c11-8(14)5-7(9(15)16)13-10(17)12-6-3-1-2-4-6/h1-2,6-7H,3-5H2,(H2,11,14)(H,15,16)(H2,12,13,17). The zero-order valence-corrected chi connectivity index (χ0v) is 9.18. The SMILES string of the molecule is NC(=O)CC(NC(=O)NC1CC=CC1)C(=O)O. The summed E-state index contributed by atoms with van der Waals surface area (Å²) in [5.41, 5.74) is 4.89. The molecule has 1 atom stereocenters. The number of rotatable bonds is 5. The number of carbonyl (C=O) groups is 3. The second kappa shape index (κ2) is 5.88. The first kappa shape index (κ1) is 13.0. The van der Waals surface area contributed by atoms with Gasteiger partial charge in [0.05, 0.1) is 6.42 Å². The highest BCUT2D eigenvalue weighted by molar-refractivity contribution is 5.87. The van der Waals surface area contributed by atoms with E-state index in [0.29, 0.717) is 0 Å². The summed E-state index contributed by atoms with van der Waals surface area (Å²) in [7, 11) is 0. The van der Waals surface area contributed by atoms with E-state index in [1.54, 1.807) is 0 Å². The minimum absolute atomic E-state index is 0.0157. The Hall–Kier alpha value is -2.05. The van der Waals surface area contributed by atoms with Crippen molar-refractivity contribution in [3.05, 3.63) is 12.2 Å². The number of aliphatic carboxylic acids is 1. The second-order valence-electron chi connectivity index (χ2n) is 3.82. The van der Waals surface area contributed by atoms with Crippen molar-refractivity contribution in [2.75, 3.05) is 0 Å². The molecule has 7 nitrogen and oxygen atoms in total. The van der Waals surface area contributed by atoms with Crippen molar-refractivity contribution in [2.24, 2.45) is 5.73 Å². The lowest BCUT2D eigenvalue weighted by atomic mass is 10.2. The Labute approximate surface area is 98.0 Å². The lowest BCUT2D eigenvalue weighted by molar-refractivity contribution is -0.140. The number of primary amides is 1. The van der Waals surface area contributed by atoms with Gasteiger partial charge >= 0.3 is 12.0 Å². The number of carboxylic acid groups (broad SMARTS) is 1. The Bertz CT molecular complexity index is 345. The van der Waals surface area contributed by atoms with E-state index < -0.39 is 30.4 Å². The van der Waals surface area contributed by atoms with Crippen LogP contribution in [0.3, 0.4) is 0 Å². The predicted molar refractivity (Wildman–Crippen MR) is 59.1 cm³/mol. The first-order chi connectivity index (χ1) is 7.99. The van der Waals surface area contributed by atoms with E-state index >= 15 is 0 Å². The van der Waals surface area contributed by atoms with Crippen LogP contribution in [-0.2, 0) is 9.59 Å². The fraction of sp³-hybridized carbons (Fsp3) is 0.500. The lowest BCUT2D eigenvalue weighted by Gasteiger charge is -2.16. The zero-order chi connectivity index (χ0) is 12.8. The van der Waals surface area contributed by atoms with Crippen LogP contribution in [0.1, 0.15) is 19.3 Å². The fourth-order valence-corrected chi connectivity index (χ4v) is 1.52. The summed E-state index contributed by atoms with van der Waals surface area (Å²) in [4.78, 5) is 32.8. The van der Waals surface area contributed by atoms with E-state index in [0.717, 1.165) is 12.8 Å². The van der Waals surface area contributed by atoms with Crippen LogP contribution >= 0.6 is 0 Å². The minimum Gasteiger partial charge on any atom is -0.480 e. The summed E-state index contributed by atoms with van der Waals surface area (Å²) in [5, 5.41) is 13.6. The van der Waals surface area contributed by atoms with Crippen LogP contribution in [0.5, 0.6) is 0 Å². The number of amides is 3. The molecule has 0 heterocycles. The van der Waals surface area contributed by atoms with Crippen LogP contribution in [0.15, 0.2) is 12.2 Å². The van der Waals surface area contributed by atoms with E-state index in [1.807, 2.05) is 12.2 Å². The maximum atomic E-state index is 11.4. The Balaban J connectivity index is 2.40. The second-order valence-corrected chi connectivity index (χ2v) is 3.82. The first-order valence-corrected chi connectivity index (χ1v) is 5.22. The molecule has 0 bridgehead atoms. The maximum Gasteiger partial charge on any atom is 0.326 e. The molecule has 1 aliphatic carbocycles. The molecule has 0 fully saturated rings. The normalized spacial score (nSPS) is 16.5. The van der Waals surface area contributed by atoms with Crippen LogP contribution in [0.4, 0.5) is 4.79 Å². The molecule has 94 valence electrons. The summed E-state index contributed by atoms with van der Waals surface area (Å²) in [6, 6.07) is -1.91. The van der Waals surface area contributed by atoms with E-state index in [2.05, 4.69) is 10.6 Å². The van der Waals surface area contributed by atoms with Gasteiger partial charge in [-0.3, -0.25) is 4.79 Å². The number of hydrogen-bond donors (Lipinski definition) is 4. The maximum absolute atomic E-state index is 11.4. The number of nitrogens with one attached hydrogen (secondary N) is 2. The van der Waals surface area contributed by atoms with Gasteiger partial charge in [0.1, 0.15) is 6.04 Å². The molecule has 1 rings (SSSR count). The van der Waals surface area contributed by atoms with E-state index in [4.69, 9.17) is 10.8 Å². The van der Waals surface area contributed by atoms with Crippen LogP contribution in [0.2, 0.25) is 0 Å². The van der Waals surface area contributed by atoms with Crippen molar-refractivity contribution in [1.82, 2.24) is 10.6 Å². The van der Waals surface area contributed by atoms with Gasteiger partial charge in [0, 0.05) is 6.04 Å². The quantitative estimate of drug-likeness (QED) is 0.477. The number of nitrogens with two attached hydrogens (primary N) is 1. The van der Waals surface area contributed by atoms with Gasteiger partial charge in [0.2, 0.25) is 5.91 Å². The molecule has 0 spiro atoms. The van der Waals surface area contributed by atoms with Crippen molar-refractivity contribution in [1.29, 1.82) is 0 Å². The average molecular weight is 241 g/mol. The monoisotopic (exact) mass is 241 g/mol. The summed E-state index contributed by atoms with van der Waals surface area (Å²) in [6.45, 7) is 0. The zero-order valence-electron chi connectivity index (χ0n) is 9.18. The molecule has 0 aromatic heterocycles. The molecule has 5 N–H and O–H groups in total. The minimum atomic E-state index is -1.29. The smallest absolute Gasteiger partial charge is 0.326 e. The summed E-state index contributed by atoms with van der Waals surface area (Å²) < 4.78 is 0. The van der Waals surface area contributed by atoms with Gasteiger partial charge in [-0.1, -0.05) is 12.2 Å². The highest BCUT2D eigenvalue weighted by atomic mass is 16.4. The third kappa shape index (κ3) is 4.54.